The van der Waals surface area contributed by atoms with Crippen LogP contribution in [0, 0.1) is 5.92 Å². The lowest BCUT2D eigenvalue weighted by Crippen LogP contribution is -2.20. The summed E-state index contributed by atoms with van der Waals surface area (Å²) in [5.74, 6) is 1.10. The van der Waals surface area contributed by atoms with Crippen molar-refractivity contribution in [2.75, 3.05) is 20.3 Å². The standard InChI is InChI=1S/C14H18O4/c1-16-12-4-6-13(7-5-12)18-14(15)11-3-2-9-17-10-8-11/h4-7,11H,2-3,8-10H2,1H3. The third-order valence-corrected chi connectivity index (χ3v) is 3.06. The Morgan fingerprint density at radius 1 is 1.17 bits per heavy atom. The molecule has 0 aliphatic carbocycles. The summed E-state index contributed by atoms with van der Waals surface area (Å²) in [6.45, 7) is 1.38. The molecule has 0 spiro atoms. The zero-order valence-corrected chi connectivity index (χ0v) is 10.6. The van der Waals surface area contributed by atoms with Crippen LogP contribution in [0.15, 0.2) is 24.3 Å². The maximum atomic E-state index is 12.0. The molecule has 0 N–H and O–H groups in total. The van der Waals surface area contributed by atoms with Crippen LogP contribution in [0.2, 0.25) is 0 Å². The van der Waals surface area contributed by atoms with Gasteiger partial charge in [-0.2, -0.15) is 0 Å². The van der Waals surface area contributed by atoms with Crippen molar-refractivity contribution in [2.24, 2.45) is 5.92 Å². The van der Waals surface area contributed by atoms with Gasteiger partial charge in [0.25, 0.3) is 0 Å². The fraction of sp³-hybridized carbons (Fsp3) is 0.500. The van der Waals surface area contributed by atoms with E-state index in [1.807, 2.05) is 0 Å². The topological polar surface area (TPSA) is 44.8 Å². The van der Waals surface area contributed by atoms with Crippen LogP contribution in [0.5, 0.6) is 11.5 Å². The fourth-order valence-corrected chi connectivity index (χ4v) is 1.98. The monoisotopic (exact) mass is 250 g/mol. The van der Waals surface area contributed by atoms with Crippen LogP contribution in [0.3, 0.4) is 0 Å². The molecule has 18 heavy (non-hydrogen) atoms. The summed E-state index contributed by atoms with van der Waals surface area (Å²) < 4.78 is 15.7. The van der Waals surface area contributed by atoms with Crippen LogP contribution in [0.1, 0.15) is 19.3 Å². The van der Waals surface area contributed by atoms with E-state index in [4.69, 9.17) is 14.2 Å². The number of hydrogen-bond acceptors (Lipinski definition) is 4. The molecule has 1 aromatic carbocycles. The first-order valence-electron chi connectivity index (χ1n) is 6.23. The summed E-state index contributed by atoms with van der Waals surface area (Å²) in [4.78, 5) is 12.0. The number of esters is 1. The number of carbonyl (C=O) groups is 1. The highest BCUT2D eigenvalue weighted by molar-refractivity contribution is 5.75. The quantitative estimate of drug-likeness (QED) is 0.610. The van der Waals surface area contributed by atoms with Gasteiger partial charge in [0.05, 0.1) is 13.0 Å². The Morgan fingerprint density at radius 3 is 2.61 bits per heavy atom. The van der Waals surface area contributed by atoms with Crippen LogP contribution >= 0.6 is 0 Å². The van der Waals surface area contributed by atoms with E-state index in [-0.39, 0.29) is 11.9 Å². The maximum absolute atomic E-state index is 12.0. The second-order valence-corrected chi connectivity index (χ2v) is 4.34. The molecule has 0 radical (unpaired) electrons. The van der Waals surface area contributed by atoms with Crippen LogP contribution in [0.4, 0.5) is 0 Å². The van der Waals surface area contributed by atoms with Gasteiger partial charge in [-0.3, -0.25) is 4.79 Å². The third-order valence-electron chi connectivity index (χ3n) is 3.06. The highest BCUT2D eigenvalue weighted by atomic mass is 16.5. The van der Waals surface area contributed by atoms with E-state index >= 15 is 0 Å². The first kappa shape index (κ1) is 12.9. The van der Waals surface area contributed by atoms with Crippen molar-refractivity contribution in [3.63, 3.8) is 0 Å². The minimum absolute atomic E-state index is 0.0467. The Kier molecular flexibility index (Phi) is 4.59. The Labute approximate surface area is 107 Å². The first-order valence-corrected chi connectivity index (χ1v) is 6.23. The van der Waals surface area contributed by atoms with Crippen molar-refractivity contribution in [1.82, 2.24) is 0 Å². The first-order chi connectivity index (χ1) is 8.79. The summed E-state index contributed by atoms with van der Waals surface area (Å²) in [6.07, 6.45) is 2.51. The van der Waals surface area contributed by atoms with E-state index < -0.39 is 0 Å². The second kappa shape index (κ2) is 6.40. The number of methoxy groups -OCH3 is 1. The molecule has 1 atom stereocenters. The lowest BCUT2D eigenvalue weighted by Gasteiger charge is -2.12. The van der Waals surface area contributed by atoms with Gasteiger partial charge in [0, 0.05) is 13.2 Å². The molecule has 1 aromatic rings. The highest BCUT2D eigenvalue weighted by Crippen LogP contribution is 2.21. The molecule has 1 unspecified atom stereocenters. The minimum Gasteiger partial charge on any atom is -0.497 e. The molecule has 4 heteroatoms. The van der Waals surface area contributed by atoms with E-state index in [1.165, 1.54) is 0 Å². The normalized spacial score (nSPS) is 19.9. The molecule has 2 rings (SSSR count). The molecule has 0 amide bonds. The molecule has 0 aromatic heterocycles. The zero-order chi connectivity index (χ0) is 12.8. The van der Waals surface area contributed by atoms with E-state index in [9.17, 15) is 4.79 Å². The van der Waals surface area contributed by atoms with E-state index in [2.05, 4.69) is 0 Å². The Morgan fingerprint density at radius 2 is 1.89 bits per heavy atom. The van der Waals surface area contributed by atoms with Crippen LogP contribution in [-0.2, 0) is 9.53 Å². The van der Waals surface area contributed by atoms with Crippen molar-refractivity contribution in [1.29, 1.82) is 0 Å². The Bertz CT molecular complexity index is 377. The summed E-state index contributed by atoms with van der Waals surface area (Å²) in [5, 5.41) is 0. The average Bonchev–Trinajstić information content (AvgIpc) is 2.68. The third kappa shape index (κ3) is 3.47. The molecule has 1 saturated heterocycles. The van der Waals surface area contributed by atoms with Crippen molar-refractivity contribution in [2.45, 2.75) is 19.3 Å². The highest BCUT2D eigenvalue weighted by Gasteiger charge is 2.22. The predicted octanol–water partition coefficient (Wildman–Crippen LogP) is 2.42. The minimum atomic E-state index is -0.161. The largest absolute Gasteiger partial charge is 0.497 e. The van der Waals surface area contributed by atoms with Crippen molar-refractivity contribution in [3.05, 3.63) is 24.3 Å². The van der Waals surface area contributed by atoms with Crippen LogP contribution in [-0.4, -0.2) is 26.3 Å². The number of rotatable bonds is 3. The van der Waals surface area contributed by atoms with Crippen molar-refractivity contribution < 1.29 is 19.0 Å². The van der Waals surface area contributed by atoms with E-state index in [0.717, 1.165) is 31.6 Å². The second-order valence-electron chi connectivity index (χ2n) is 4.34. The lowest BCUT2D eigenvalue weighted by molar-refractivity contribution is -0.139. The molecule has 1 fully saturated rings. The van der Waals surface area contributed by atoms with Crippen LogP contribution < -0.4 is 9.47 Å². The molecule has 1 aliphatic rings. The lowest BCUT2D eigenvalue weighted by atomic mass is 10.0. The van der Waals surface area contributed by atoms with Crippen molar-refractivity contribution >= 4 is 5.97 Å². The molecular formula is C14H18O4. The molecule has 1 heterocycles. The SMILES string of the molecule is COc1ccc(OC(=O)C2CCCOCC2)cc1. The molecule has 98 valence electrons. The zero-order valence-electron chi connectivity index (χ0n) is 10.6. The summed E-state index contributed by atoms with van der Waals surface area (Å²) >= 11 is 0. The smallest absolute Gasteiger partial charge is 0.314 e. The van der Waals surface area contributed by atoms with Crippen molar-refractivity contribution in [3.8, 4) is 11.5 Å². The van der Waals surface area contributed by atoms with Gasteiger partial charge in [-0.1, -0.05) is 0 Å². The average molecular weight is 250 g/mol. The Hall–Kier alpha value is -1.55. The summed E-state index contributed by atoms with van der Waals surface area (Å²) in [6, 6.07) is 7.03. The van der Waals surface area contributed by atoms with Gasteiger partial charge in [0.15, 0.2) is 0 Å². The number of benzene rings is 1. The molecule has 0 saturated carbocycles. The maximum Gasteiger partial charge on any atom is 0.314 e. The summed E-state index contributed by atoms with van der Waals surface area (Å²) in [5.41, 5.74) is 0. The van der Waals surface area contributed by atoms with Gasteiger partial charge >= 0.3 is 5.97 Å². The molecule has 0 bridgehead atoms. The predicted molar refractivity (Wildman–Crippen MR) is 66.8 cm³/mol. The van der Waals surface area contributed by atoms with Gasteiger partial charge in [-0.15, -0.1) is 0 Å². The molecule has 1 aliphatic heterocycles. The van der Waals surface area contributed by atoms with Gasteiger partial charge in [-0.25, -0.2) is 0 Å². The van der Waals surface area contributed by atoms with Gasteiger partial charge in [-0.05, 0) is 43.5 Å². The molecule has 4 nitrogen and oxygen atoms in total. The van der Waals surface area contributed by atoms with E-state index in [1.54, 1.807) is 31.4 Å². The molecular weight excluding hydrogens is 232 g/mol. The Balaban J connectivity index is 1.92. The number of hydrogen-bond donors (Lipinski definition) is 0. The van der Waals surface area contributed by atoms with Gasteiger partial charge in [0.2, 0.25) is 0 Å². The number of ether oxygens (including phenoxy) is 3. The fourth-order valence-electron chi connectivity index (χ4n) is 1.98. The van der Waals surface area contributed by atoms with Crippen LogP contribution in [0.25, 0.3) is 0 Å². The van der Waals surface area contributed by atoms with Gasteiger partial charge < -0.3 is 14.2 Å². The summed E-state index contributed by atoms with van der Waals surface area (Å²) in [7, 11) is 1.60. The number of carbonyl (C=O) groups excluding carboxylic acids is 1. The van der Waals surface area contributed by atoms with E-state index in [0.29, 0.717) is 12.4 Å². The van der Waals surface area contributed by atoms with Gasteiger partial charge in [0.1, 0.15) is 11.5 Å².